The SMILES string of the molecule is COc1ncc(-c2ccc3ncc(OCCO)c(=O)n3c2)cc1NS(=O)(=O)c1sc(C)nc1C. The number of pyridine rings is 2. The number of anilines is 1. The Bertz CT molecular complexity index is 1530. The summed E-state index contributed by atoms with van der Waals surface area (Å²) >= 11 is 1.07. The van der Waals surface area contributed by atoms with E-state index in [9.17, 15) is 13.2 Å². The quantitative estimate of drug-likeness (QED) is 0.369. The zero-order chi connectivity index (χ0) is 24.5. The molecule has 0 radical (unpaired) electrons. The van der Waals surface area contributed by atoms with Gasteiger partial charge in [0.25, 0.3) is 15.6 Å². The third-order valence-electron chi connectivity index (χ3n) is 4.75. The van der Waals surface area contributed by atoms with Crippen LogP contribution in [0, 0.1) is 13.8 Å². The zero-order valence-corrected chi connectivity index (χ0v) is 20.1. The van der Waals surface area contributed by atoms with Crippen LogP contribution in [0.15, 0.2) is 45.8 Å². The van der Waals surface area contributed by atoms with Crippen LogP contribution in [-0.4, -0.2) is 53.2 Å². The van der Waals surface area contributed by atoms with Gasteiger partial charge in [0.05, 0.1) is 30.6 Å². The molecule has 11 nitrogen and oxygen atoms in total. The van der Waals surface area contributed by atoms with E-state index >= 15 is 0 Å². The molecule has 4 rings (SSSR count). The van der Waals surface area contributed by atoms with Crippen molar-refractivity contribution in [1.29, 1.82) is 0 Å². The summed E-state index contributed by atoms with van der Waals surface area (Å²) in [6, 6.07) is 4.94. The molecule has 0 aliphatic carbocycles. The van der Waals surface area contributed by atoms with E-state index in [1.807, 2.05) is 0 Å². The summed E-state index contributed by atoms with van der Waals surface area (Å²) in [7, 11) is -2.54. The van der Waals surface area contributed by atoms with Gasteiger partial charge in [0.1, 0.15) is 17.9 Å². The topological polar surface area (TPSA) is 145 Å². The summed E-state index contributed by atoms with van der Waals surface area (Å²) in [6.45, 7) is 3.09. The van der Waals surface area contributed by atoms with Gasteiger partial charge in [-0.05, 0) is 32.0 Å². The number of rotatable bonds is 8. The Labute approximate surface area is 198 Å². The first-order chi connectivity index (χ1) is 16.2. The molecule has 0 aliphatic heterocycles. The summed E-state index contributed by atoms with van der Waals surface area (Å²) in [5.41, 5.74) is 1.60. The number of aromatic nitrogens is 4. The summed E-state index contributed by atoms with van der Waals surface area (Å²) in [6.07, 6.45) is 4.36. The number of nitrogens with one attached hydrogen (secondary N) is 1. The molecule has 0 fully saturated rings. The normalized spacial score (nSPS) is 11.5. The number of hydrogen-bond donors (Lipinski definition) is 2. The predicted molar refractivity (Wildman–Crippen MR) is 126 cm³/mol. The fraction of sp³-hybridized carbons (Fsp3) is 0.238. The van der Waals surface area contributed by atoms with Crippen LogP contribution < -0.4 is 19.8 Å². The van der Waals surface area contributed by atoms with E-state index in [1.165, 1.54) is 23.9 Å². The number of aliphatic hydroxyl groups is 1. The lowest BCUT2D eigenvalue weighted by molar-refractivity contribution is 0.199. The molecule has 0 atom stereocenters. The maximum Gasteiger partial charge on any atom is 0.300 e. The van der Waals surface area contributed by atoms with Crippen molar-refractivity contribution in [2.24, 2.45) is 0 Å². The monoisotopic (exact) mass is 503 g/mol. The number of methoxy groups -OCH3 is 1. The molecule has 13 heteroatoms. The van der Waals surface area contributed by atoms with Gasteiger partial charge in [0.2, 0.25) is 11.6 Å². The van der Waals surface area contributed by atoms with Crippen molar-refractivity contribution in [2.45, 2.75) is 18.1 Å². The van der Waals surface area contributed by atoms with Gasteiger partial charge in [0, 0.05) is 23.5 Å². The van der Waals surface area contributed by atoms with E-state index in [0.717, 1.165) is 11.3 Å². The first-order valence-electron chi connectivity index (χ1n) is 10.00. The van der Waals surface area contributed by atoms with Gasteiger partial charge in [-0.15, -0.1) is 11.3 Å². The molecule has 0 saturated heterocycles. The van der Waals surface area contributed by atoms with Crippen LogP contribution in [-0.2, 0) is 10.0 Å². The van der Waals surface area contributed by atoms with Crippen LogP contribution in [0.4, 0.5) is 5.69 Å². The Hall–Kier alpha value is -3.55. The van der Waals surface area contributed by atoms with Crippen molar-refractivity contribution in [3.05, 3.63) is 57.8 Å². The van der Waals surface area contributed by atoms with Crippen LogP contribution >= 0.6 is 11.3 Å². The fourth-order valence-corrected chi connectivity index (χ4v) is 5.82. The number of fused-ring (bicyclic) bond motifs is 1. The lowest BCUT2D eigenvalue weighted by atomic mass is 10.1. The summed E-state index contributed by atoms with van der Waals surface area (Å²) < 4.78 is 40.4. The summed E-state index contributed by atoms with van der Waals surface area (Å²) in [5.74, 6) is 0.0887. The maximum atomic E-state index is 13.0. The Balaban J connectivity index is 1.76. The molecule has 2 N–H and O–H groups in total. The maximum absolute atomic E-state index is 13.0. The average Bonchev–Trinajstić information content (AvgIpc) is 3.17. The second-order valence-corrected chi connectivity index (χ2v) is 10.2. The number of thiazole rings is 1. The highest BCUT2D eigenvalue weighted by molar-refractivity contribution is 7.94. The highest BCUT2D eigenvalue weighted by Gasteiger charge is 2.23. The lowest BCUT2D eigenvalue weighted by Gasteiger charge is -2.13. The highest BCUT2D eigenvalue weighted by atomic mass is 32.2. The molecule has 0 amide bonds. The first-order valence-corrected chi connectivity index (χ1v) is 12.3. The Morgan fingerprint density at radius 3 is 2.65 bits per heavy atom. The zero-order valence-electron chi connectivity index (χ0n) is 18.5. The molecular formula is C21H21N5O6S2. The van der Waals surface area contributed by atoms with Crippen LogP contribution in [0.3, 0.4) is 0 Å². The van der Waals surface area contributed by atoms with E-state index in [1.54, 1.807) is 38.2 Å². The van der Waals surface area contributed by atoms with Gasteiger partial charge < -0.3 is 14.6 Å². The van der Waals surface area contributed by atoms with Gasteiger partial charge in [-0.1, -0.05) is 0 Å². The number of hydrogen-bond acceptors (Lipinski definition) is 10. The standard InChI is InChI=1S/C21H21N5O6S2/c1-12-21(33-13(2)24-12)34(29,30)25-16-8-15(9-23-19(16)31-3)14-4-5-18-22-10-17(32-7-6-27)20(28)26(18)11-14/h4-5,8-11,25,27H,6-7H2,1-3H3. The second kappa shape index (κ2) is 9.37. The molecule has 4 aromatic rings. The molecule has 0 aromatic carbocycles. The fourth-order valence-electron chi connectivity index (χ4n) is 3.28. The molecule has 0 unspecified atom stereocenters. The number of ether oxygens (including phenoxy) is 2. The molecule has 4 heterocycles. The molecule has 0 aliphatic rings. The number of aryl methyl sites for hydroxylation is 2. The molecule has 0 bridgehead atoms. The summed E-state index contributed by atoms with van der Waals surface area (Å²) in [4.78, 5) is 25.3. The third kappa shape index (κ3) is 4.58. The van der Waals surface area contributed by atoms with Crippen molar-refractivity contribution in [1.82, 2.24) is 19.4 Å². The smallest absolute Gasteiger partial charge is 0.300 e. The average molecular weight is 504 g/mol. The molecule has 0 spiro atoms. The van der Waals surface area contributed by atoms with Crippen molar-refractivity contribution in [3.63, 3.8) is 0 Å². The Kier molecular flexibility index (Phi) is 6.50. The van der Waals surface area contributed by atoms with E-state index in [4.69, 9.17) is 14.6 Å². The Morgan fingerprint density at radius 2 is 1.97 bits per heavy atom. The van der Waals surface area contributed by atoms with Gasteiger partial charge in [-0.25, -0.2) is 23.4 Å². The molecule has 178 valence electrons. The van der Waals surface area contributed by atoms with Gasteiger partial charge >= 0.3 is 0 Å². The van der Waals surface area contributed by atoms with Gasteiger partial charge in [-0.2, -0.15) is 0 Å². The molecule has 4 aromatic heterocycles. The second-order valence-electron chi connectivity index (χ2n) is 7.14. The third-order valence-corrected chi connectivity index (χ3v) is 7.79. The highest BCUT2D eigenvalue weighted by Crippen LogP contribution is 2.32. The first kappa shape index (κ1) is 23.6. The number of nitrogens with zero attached hydrogens (tertiary/aromatic N) is 4. The molecular weight excluding hydrogens is 482 g/mol. The predicted octanol–water partition coefficient (Wildman–Crippen LogP) is 2.01. The van der Waals surface area contributed by atoms with Crippen LogP contribution in [0.2, 0.25) is 0 Å². The van der Waals surface area contributed by atoms with Crippen molar-refractivity contribution in [3.8, 4) is 22.8 Å². The van der Waals surface area contributed by atoms with Crippen molar-refractivity contribution < 1.29 is 23.0 Å². The largest absolute Gasteiger partial charge is 0.484 e. The minimum atomic E-state index is -3.93. The van der Waals surface area contributed by atoms with Crippen LogP contribution in [0.1, 0.15) is 10.7 Å². The summed E-state index contributed by atoms with van der Waals surface area (Å²) in [5, 5.41) is 9.57. The van der Waals surface area contributed by atoms with Gasteiger partial charge in [0.15, 0.2) is 4.21 Å². The van der Waals surface area contributed by atoms with E-state index < -0.39 is 15.6 Å². The van der Waals surface area contributed by atoms with Crippen molar-refractivity contribution >= 4 is 32.7 Å². The van der Waals surface area contributed by atoms with E-state index in [0.29, 0.717) is 27.5 Å². The van der Waals surface area contributed by atoms with Crippen LogP contribution in [0.5, 0.6) is 11.6 Å². The van der Waals surface area contributed by atoms with Gasteiger partial charge in [-0.3, -0.25) is 13.9 Å². The Morgan fingerprint density at radius 1 is 1.18 bits per heavy atom. The molecule has 34 heavy (non-hydrogen) atoms. The minimum absolute atomic E-state index is 0.000209. The van der Waals surface area contributed by atoms with E-state index in [-0.39, 0.29) is 34.7 Å². The number of sulfonamides is 1. The molecule has 0 saturated carbocycles. The van der Waals surface area contributed by atoms with Crippen molar-refractivity contribution in [2.75, 3.05) is 25.0 Å². The number of aliphatic hydroxyl groups excluding tert-OH is 1. The van der Waals surface area contributed by atoms with E-state index in [2.05, 4.69) is 19.7 Å². The minimum Gasteiger partial charge on any atom is -0.484 e. The van der Waals surface area contributed by atoms with Crippen LogP contribution in [0.25, 0.3) is 16.8 Å². The lowest BCUT2D eigenvalue weighted by Crippen LogP contribution is -2.19.